The third-order valence-corrected chi connectivity index (χ3v) is 4.80. The number of likely N-dealkylation sites (tertiary alicyclic amines) is 1. The molecule has 0 aromatic carbocycles. The van der Waals surface area contributed by atoms with E-state index in [-0.39, 0.29) is 48.2 Å². The van der Waals surface area contributed by atoms with E-state index >= 15 is 0 Å². The Morgan fingerprint density at radius 2 is 1.77 bits per heavy atom. The van der Waals surface area contributed by atoms with Gasteiger partial charge in [0.1, 0.15) is 11.8 Å². The third-order valence-electron chi connectivity index (χ3n) is 4.51. The predicted octanol–water partition coefficient (Wildman–Crippen LogP) is 1.29. The van der Waals surface area contributed by atoms with E-state index in [0.717, 1.165) is 17.7 Å². The van der Waals surface area contributed by atoms with Gasteiger partial charge in [0, 0.05) is 6.42 Å². The number of esters is 1. The molecule has 0 spiro atoms. The van der Waals surface area contributed by atoms with E-state index in [1.165, 1.54) is 7.11 Å². The van der Waals surface area contributed by atoms with Crippen LogP contribution in [0.4, 0.5) is 0 Å². The Labute approximate surface area is 134 Å². The van der Waals surface area contributed by atoms with Crippen molar-refractivity contribution < 1.29 is 23.9 Å². The lowest BCUT2D eigenvalue weighted by Crippen LogP contribution is -2.46. The van der Waals surface area contributed by atoms with Crippen LogP contribution >= 0.6 is 11.6 Å². The van der Waals surface area contributed by atoms with Crippen molar-refractivity contribution in [2.45, 2.75) is 44.6 Å². The number of halogens is 1. The van der Waals surface area contributed by atoms with Gasteiger partial charge in [-0.3, -0.25) is 19.3 Å². The molecule has 1 saturated heterocycles. The van der Waals surface area contributed by atoms with Crippen LogP contribution in [0, 0.1) is 11.8 Å². The maximum atomic E-state index is 12.5. The number of hydrogen-bond donors (Lipinski definition) is 0. The summed E-state index contributed by atoms with van der Waals surface area (Å²) in [4.78, 5) is 49.4. The number of nitrogens with zero attached hydrogens (tertiary/aromatic N) is 1. The number of carbonyl (C=O) groups excluding carboxylic acids is 4. The smallest absolute Gasteiger partial charge is 0.329 e. The van der Waals surface area contributed by atoms with Crippen molar-refractivity contribution in [1.29, 1.82) is 0 Å². The SMILES string of the molecule is COC(=O)[C@H](CCC(=O)CCl)N1C(=O)[C@H]2CCCC[C@H]2C1=O. The number of ether oxygens (including phenoxy) is 1. The number of rotatable bonds is 6. The molecular weight excluding hydrogens is 310 g/mol. The number of imide groups is 1. The molecule has 2 aliphatic rings. The van der Waals surface area contributed by atoms with Crippen LogP contribution < -0.4 is 0 Å². The Balaban J connectivity index is 2.19. The van der Waals surface area contributed by atoms with Crippen molar-refractivity contribution in [3.63, 3.8) is 0 Å². The first kappa shape index (κ1) is 16.9. The van der Waals surface area contributed by atoms with Gasteiger partial charge in [-0.25, -0.2) is 4.79 Å². The summed E-state index contributed by atoms with van der Waals surface area (Å²) >= 11 is 5.45. The summed E-state index contributed by atoms with van der Waals surface area (Å²) < 4.78 is 4.71. The van der Waals surface area contributed by atoms with Crippen LogP contribution in [0.3, 0.4) is 0 Å². The van der Waals surface area contributed by atoms with Gasteiger partial charge in [-0.2, -0.15) is 0 Å². The summed E-state index contributed by atoms with van der Waals surface area (Å²) in [5, 5.41) is 0. The van der Waals surface area contributed by atoms with Gasteiger partial charge in [-0.1, -0.05) is 12.8 Å². The summed E-state index contributed by atoms with van der Waals surface area (Å²) in [6, 6.07) is -1.03. The number of hydrogen-bond acceptors (Lipinski definition) is 5. The standard InChI is InChI=1S/C15H20ClNO5/c1-22-15(21)12(7-6-9(18)8-16)17-13(19)10-4-2-3-5-11(10)14(17)20/h10-12H,2-8H2,1H3/t10-,11+,12-/m0/s1. The van der Waals surface area contributed by atoms with Gasteiger partial charge in [0.25, 0.3) is 0 Å². The topological polar surface area (TPSA) is 80.8 Å². The van der Waals surface area contributed by atoms with Crippen molar-refractivity contribution >= 4 is 35.2 Å². The van der Waals surface area contributed by atoms with E-state index < -0.39 is 12.0 Å². The lowest BCUT2D eigenvalue weighted by atomic mass is 9.81. The van der Waals surface area contributed by atoms with Crippen LogP contribution in [0.2, 0.25) is 0 Å². The van der Waals surface area contributed by atoms with Crippen molar-refractivity contribution in [2.75, 3.05) is 13.0 Å². The molecule has 0 aromatic heterocycles. The number of fused-ring (bicyclic) bond motifs is 1. The monoisotopic (exact) mass is 329 g/mol. The molecule has 122 valence electrons. The molecule has 1 aliphatic heterocycles. The van der Waals surface area contributed by atoms with E-state index in [9.17, 15) is 19.2 Å². The van der Waals surface area contributed by atoms with E-state index in [1.54, 1.807) is 0 Å². The minimum Gasteiger partial charge on any atom is -0.467 e. The van der Waals surface area contributed by atoms with Crippen LogP contribution in [0.5, 0.6) is 0 Å². The Morgan fingerprint density at radius 1 is 1.23 bits per heavy atom. The molecule has 1 aliphatic carbocycles. The average molecular weight is 330 g/mol. The molecule has 1 heterocycles. The maximum absolute atomic E-state index is 12.5. The van der Waals surface area contributed by atoms with E-state index in [4.69, 9.17) is 16.3 Å². The number of alkyl halides is 1. The van der Waals surface area contributed by atoms with Gasteiger partial charge in [-0.15, -0.1) is 11.6 Å². The number of amides is 2. The van der Waals surface area contributed by atoms with Gasteiger partial charge in [-0.05, 0) is 19.3 Å². The van der Waals surface area contributed by atoms with E-state index in [0.29, 0.717) is 12.8 Å². The Hall–Kier alpha value is -1.43. The first-order valence-corrected chi connectivity index (χ1v) is 8.07. The molecule has 0 radical (unpaired) electrons. The molecule has 2 amide bonds. The van der Waals surface area contributed by atoms with Crippen LogP contribution in [0.25, 0.3) is 0 Å². The fraction of sp³-hybridized carbons (Fsp3) is 0.733. The lowest BCUT2D eigenvalue weighted by molar-refractivity contribution is -0.157. The molecule has 0 bridgehead atoms. The van der Waals surface area contributed by atoms with Crippen molar-refractivity contribution in [1.82, 2.24) is 4.90 Å². The fourth-order valence-electron chi connectivity index (χ4n) is 3.35. The summed E-state index contributed by atoms with van der Waals surface area (Å²) in [6.07, 6.45) is 3.30. The molecule has 3 atom stereocenters. The number of ketones is 1. The molecule has 2 rings (SSSR count). The zero-order chi connectivity index (χ0) is 16.3. The van der Waals surface area contributed by atoms with Gasteiger partial charge < -0.3 is 4.74 Å². The fourth-order valence-corrected chi connectivity index (χ4v) is 3.48. The number of Topliss-reactive ketones (excluding diaryl/α,β-unsaturated/α-hetero) is 1. The Bertz CT molecular complexity index is 468. The van der Waals surface area contributed by atoms with Crippen LogP contribution in [0.15, 0.2) is 0 Å². The highest BCUT2D eigenvalue weighted by atomic mass is 35.5. The lowest BCUT2D eigenvalue weighted by Gasteiger charge is -2.24. The summed E-state index contributed by atoms with van der Waals surface area (Å²) in [5.41, 5.74) is 0. The minimum absolute atomic E-state index is 0.0374. The van der Waals surface area contributed by atoms with Crippen LogP contribution in [-0.4, -0.2) is 47.5 Å². The van der Waals surface area contributed by atoms with Gasteiger partial charge >= 0.3 is 5.97 Å². The molecule has 6 nitrogen and oxygen atoms in total. The molecule has 0 aromatic rings. The van der Waals surface area contributed by atoms with E-state index in [1.807, 2.05) is 0 Å². The summed E-state index contributed by atoms with van der Waals surface area (Å²) in [7, 11) is 1.21. The Morgan fingerprint density at radius 3 is 2.23 bits per heavy atom. The van der Waals surface area contributed by atoms with Crippen molar-refractivity contribution in [2.24, 2.45) is 11.8 Å². The predicted molar refractivity (Wildman–Crippen MR) is 78.1 cm³/mol. The Kier molecular flexibility index (Phi) is 5.56. The average Bonchev–Trinajstić information content (AvgIpc) is 2.79. The van der Waals surface area contributed by atoms with Crippen molar-refractivity contribution in [3.05, 3.63) is 0 Å². The highest BCUT2D eigenvalue weighted by molar-refractivity contribution is 6.27. The van der Waals surface area contributed by atoms with Crippen molar-refractivity contribution in [3.8, 4) is 0 Å². The molecule has 1 saturated carbocycles. The normalized spacial score (nSPS) is 25.8. The molecular formula is C15H20ClNO5. The minimum atomic E-state index is -1.03. The van der Waals surface area contributed by atoms with Crippen LogP contribution in [-0.2, 0) is 23.9 Å². The second-order valence-corrected chi connectivity index (χ2v) is 6.06. The first-order chi connectivity index (χ1) is 10.5. The van der Waals surface area contributed by atoms with Gasteiger partial charge in [0.2, 0.25) is 11.8 Å². The summed E-state index contributed by atoms with van der Waals surface area (Å²) in [6.45, 7) is 0. The van der Waals surface area contributed by atoms with E-state index in [2.05, 4.69) is 0 Å². The van der Waals surface area contributed by atoms with Crippen LogP contribution in [0.1, 0.15) is 38.5 Å². The first-order valence-electron chi connectivity index (χ1n) is 7.53. The highest BCUT2D eigenvalue weighted by Gasteiger charge is 2.52. The zero-order valence-corrected chi connectivity index (χ0v) is 13.3. The summed E-state index contributed by atoms with van der Waals surface area (Å²) in [5.74, 6) is -2.29. The molecule has 0 N–H and O–H groups in total. The molecule has 2 fully saturated rings. The second-order valence-electron chi connectivity index (χ2n) is 5.79. The highest BCUT2D eigenvalue weighted by Crippen LogP contribution is 2.39. The molecule has 0 unspecified atom stereocenters. The molecule has 22 heavy (non-hydrogen) atoms. The third kappa shape index (κ3) is 3.16. The number of methoxy groups -OCH3 is 1. The zero-order valence-electron chi connectivity index (χ0n) is 12.5. The largest absolute Gasteiger partial charge is 0.467 e. The maximum Gasteiger partial charge on any atom is 0.329 e. The van der Waals surface area contributed by atoms with Gasteiger partial charge in [0.15, 0.2) is 0 Å². The second kappa shape index (κ2) is 7.22. The van der Waals surface area contributed by atoms with Gasteiger partial charge in [0.05, 0.1) is 24.8 Å². The number of carbonyl (C=O) groups is 4. The molecule has 7 heteroatoms. The quantitative estimate of drug-likeness (QED) is 0.417.